The van der Waals surface area contributed by atoms with E-state index in [2.05, 4.69) is 84.9 Å². The Balaban J connectivity index is 1.12. The lowest BCUT2D eigenvalue weighted by Crippen LogP contribution is -2.48. The zero-order valence-electron chi connectivity index (χ0n) is 26.7. The minimum absolute atomic E-state index is 0.360. The van der Waals surface area contributed by atoms with Crippen molar-refractivity contribution < 1.29 is 0 Å². The van der Waals surface area contributed by atoms with Crippen LogP contribution in [0, 0.1) is 29.1 Å². The SMILES string of the molecule is N#Cc1cccc2c3ccc(-c4nc(-c5ccccc5)nc(-c5ccc(C67C[C@H]8C[C@H](C6)C[C@@H](C7)C8)cc5)n4)cc3c3ccccc3c12. The molecule has 48 heavy (non-hydrogen) atoms. The fourth-order valence-corrected chi connectivity index (χ4v) is 10.0. The molecule has 0 N–H and O–H groups in total. The highest BCUT2D eigenvalue weighted by molar-refractivity contribution is 6.26. The van der Waals surface area contributed by atoms with Gasteiger partial charge in [-0.3, -0.25) is 0 Å². The summed E-state index contributed by atoms with van der Waals surface area (Å²) < 4.78 is 0. The van der Waals surface area contributed by atoms with Crippen molar-refractivity contribution in [2.75, 3.05) is 0 Å². The van der Waals surface area contributed by atoms with Crippen molar-refractivity contribution in [3.63, 3.8) is 0 Å². The Labute approximate surface area is 280 Å². The summed E-state index contributed by atoms with van der Waals surface area (Å²) in [6, 6.07) is 42.7. The van der Waals surface area contributed by atoms with E-state index in [1.807, 2.05) is 36.4 Å². The maximum atomic E-state index is 9.96. The highest BCUT2D eigenvalue weighted by Gasteiger charge is 2.51. The molecule has 0 radical (unpaired) electrons. The lowest BCUT2D eigenvalue weighted by atomic mass is 9.48. The molecule has 4 heteroatoms. The van der Waals surface area contributed by atoms with Gasteiger partial charge in [-0.15, -0.1) is 0 Å². The molecule has 4 aliphatic rings. The molecule has 6 aromatic carbocycles. The van der Waals surface area contributed by atoms with Gasteiger partial charge in [0.25, 0.3) is 0 Å². The van der Waals surface area contributed by atoms with Crippen LogP contribution in [-0.4, -0.2) is 15.0 Å². The highest BCUT2D eigenvalue weighted by atomic mass is 15.0. The van der Waals surface area contributed by atoms with Gasteiger partial charge in [0.2, 0.25) is 0 Å². The van der Waals surface area contributed by atoms with Crippen LogP contribution in [-0.2, 0) is 5.41 Å². The van der Waals surface area contributed by atoms with Crippen molar-refractivity contribution in [2.45, 2.75) is 43.9 Å². The Bertz CT molecular complexity index is 2370. The van der Waals surface area contributed by atoms with Crippen molar-refractivity contribution in [1.29, 1.82) is 5.26 Å². The summed E-state index contributed by atoms with van der Waals surface area (Å²) >= 11 is 0. The predicted octanol–water partition coefficient (Wildman–Crippen LogP) is 10.7. The van der Waals surface area contributed by atoms with Crippen LogP contribution in [0.1, 0.15) is 49.7 Å². The number of hydrogen-bond acceptors (Lipinski definition) is 4. The van der Waals surface area contributed by atoms with Gasteiger partial charge in [0.15, 0.2) is 17.5 Å². The van der Waals surface area contributed by atoms with Gasteiger partial charge >= 0.3 is 0 Å². The molecular weight excluding hydrogens is 585 g/mol. The molecule has 0 saturated heterocycles. The second-order valence-electron chi connectivity index (χ2n) is 14.6. The summed E-state index contributed by atoms with van der Waals surface area (Å²) in [6.45, 7) is 0. The fourth-order valence-electron chi connectivity index (χ4n) is 10.0. The number of benzene rings is 6. The zero-order valence-corrected chi connectivity index (χ0v) is 26.7. The molecule has 0 amide bonds. The van der Waals surface area contributed by atoms with E-state index < -0.39 is 0 Å². The molecule has 0 atom stereocenters. The summed E-state index contributed by atoms with van der Waals surface area (Å²) in [4.78, 5) is 15.2. The Hall–Kier alpha value is -5.40. The van der Waals surface area contributed by atoms with Gasteiger partial charge in [0.05, 0.1) is 11.6 Å². The summed E-state index contributed by atoms with van der Waals surface area (Å²) in [7, 11) is 0. The van der Waals surface area contributed by atoms with E-state index in [9.17, 15) is 5.26 Å². The average Bonchev–Trinajstić information content (AvgIpc) is 3.14. The first-order chi connectivity index (χ1) is 23.6. The summed E-state index contributed by atoms with van der Waals surface area (Å²) in [5, 5.41) is 16.5. The maximum absolute atomic E-state index is 9.96. The van der Waals surface area contributed by atoms with E-state index in [1.54, 1.807) is 0 Å². The van der Waals surface area contributed by atoms with E-state index in [1.165, 1.54) is 44.1 Å². The number of nitriles is 1. The largest absolute Gasteiger partial charge is 0.208 e. The smallest absolute Gasteiger partial charge is 0.164 e. The fraction of sp³-hybridized carbons (Fsp3) is 0.227. The van der Waals surface area contributed by atoms with Crippen LogP contribution in [0.5, 0.6) is 0 Å². The van der Waals surface area contributed by atoms with E-state index in [0.29, 0.717) is 28.5 Å². The highest BCUT2D eigenvalue weighted by Crippen LogP contribution is 2.60. The quantitative estimate of drug-likeness (QED) is 0.184. The predicted molar refractivity (Wildman–Crippen MR) is 193 cm³/mol. The molecule has 4 bridgehead atoms. The number of nitrogens with zero attached hydrogens (tertiary/aromatic N) is 4. The molecule has 230 valence electrons. The van der Waals surface area contributed by atoms with Gasteiger partial charge in [-0.05, 0) is 106 Å². The topological polar surface area (TPSA) is 62.5 Å². The number of rotatable bonds is 4. The molecule has 7 aromatic rings. The molecular formula is C44H34N4. The first-order valence-corrected chi connectivity index (χ1v) is 17.3. The van der Waals surface area contributed by atoms with Crippen LogP contribution in [0.4, 0.5) is 0 Å². The molecule has 4 fully saturated rings. The van der Waals surface area contributed by atoms with Gasteiger partial charge in [0.1, 0.15) is 0 Å². The van der Waals surface area contributed by atoms with Crippen molar-refractivity contribution in [2.24, 2.45) is 17.8 Å². The number of hydrogen-bond donors (Lipinski definition) is 0. The minimum atomic E-state index is 0.360. The van der Waals surface area contributed by atoms with Gasteiger partial charge in [-0.1, -0.05) is 103 Å². The molecule has 4 nitrogen and oxygen atoms in total. The van der Waals surface area contributed by atoms with Crippen LogP contribution < -0.4 is 0 Å². The first kappa shape index (κ1) is 27.7. The van der Waals surface area contributed by atoms with Crippen molar-refractivity contribution >= 4 is 32.3 Å². The van der Waals surface area contributed by atoms with Crippen LogP contribution in [0.2, 0.25) is 0 Å². The minimum Gasteiger partial charge on any atom is -0.208 e. The Morgan fingerprint density at radius 3 is 1.67 bits per heavy atom. The summed E-state index contributed by atoms with van der Waals surface area (Å²) in [6.07, 6.45) is 8.43. The van der Waals surface area contributed by atoms with Crippen molar-refractivity contribution in [3.8, 4) is 40.2 Å². The molecule has 0 spiro atoms. The third-order valence-electron chi connectivity index (χ3n) is 11.7. The standard InChI is InChI=1S/C44H34N4/c45-26-33-9-6-12-38-36-18-15-32(22-39(36)35-10-4-5-11-37(35)40(33)38)43-47-41(30-7-2-1-3-8-30)46-42(48-43)31-13-16-34(17-14-31)44-23-27-19-28(24-44)21-29(20-27)25-44/h1-18,22,27-29H,19-21,23-25H2/t27-,28-,29-,44?. The monoisotopic (exact) mass is 618 g/mol. The van der Waals surface area contributed by atoms with Gasteiger partial charge in [0, 0.05) is 22.1 Å². The molecule has 0 aliphatic heterocycles. The Morgan fingerprint density at radius 1 is 0.500 bits per heavy atom. The lowest BCUT2D eigenvalue weighted by Gasteiger charge is -2.57. The van der Waals surface area contributed by atoms with Crippen molar-refractivity contribution in [3.05, 3.63) is 126 Å². The molecule has 0 unspecified atom stereocenters. The number of aromatic nitrogens is 3. The molecule has 11 rings (SSSR count). The van der Waals surface area contributed by atoms with E-state index >= 15 is 0 Å². The van der Waals surface area contributed by atoms with Crippen LogP contribution in [0.3, 0.4) is 0 Å². The van der Waals surface area contributed by atoms with E-state index in [0.717, 1.165) is 66.8 Å². The normalized spacial score (nSPS) is 22.8. The maximum Gasteiger partial charge on any atom is 0.164 e. The molecule has 1 aromatic heterocycles. The lowest BCUT2D eigenvalue weighted by molar-refractivity contribution is -0.00518. The van der Waals surface area contributed by atoms with Crippen molar-refractivity contribution in [1.82, 2.24) is 15.0 Å². The number of fused-ring (bicyclic) bond motifs is 6. The third-order valence-corrected chi connectivity index (χ3v) is 11.7. The third kappa shape index (κ3) is 4.31. The van der Waals surface area contributed by atoms with Crippen LogP contribution in [0.25, 0.3) is 66.5 Å². The summed E-state index contributed by atoms with van der Waals surface area (Å²) in [5.74, 6) is 4.77. The molecule has 4 saturated carbocycles. The second kappa shape index (κ2) is 10.6. The van der Waals surface area contributed by atoms with Crippen LogP contribution >= 0.6 is 0 Å². The second-order valence-corrected chi connectivity index (χ2v) is 14.6. The zero-order chi connectivity index (χ0) is 31.8. The van der Waals surface area contributed by atoms with E-state index in [4.69, 9.17) is 15.0 Å². The van der Waals surface area contributed by atoms with E-state index in [-0.39, 0.29) is 0 Å². The van der Waals surface area contributed by atoms with Gasteiger partial charge < -0.3 is 0 Å². The Kier molecular flexibility index (Phi) is 6.09. The molecule has 4 aliphatic carbocycles. The van der Waals surface area contributed by atoms with Gasteiger partial charge in [-0.2, -0.15) is 5.26 Å². The average molecular weight is 619 g/mol. The van der Waals surface area contributed by atoms with Gasteiger partial charge in [-0.25, -0.2) is 15.0 Å². The first-order valence-electron chi connectivity index (χ1n) is 17.3. The molecule has 1 heterocycles. The van der Waals surface area contributed by atoms with Crippen LogP contribution in [0.15, 0.2) is 115 Å². The Morgan fingerprint density at radius 2 is 1.02 bits per heavy atom. The summed E-state index contributed by atoms with van der Waals surface area (Å²) in [5.41, 5.74) is 5.49.